The lowest BCUT2D eigenvalue weighted by molar-refractivity contribution is -0.137. The summed E-state index contributed by atoms with van der Waals surface area (Å²) >= 11 is 0. The van der Waals surface area contributed by atoms with Gasteiger partial charge in [-0.15, -0.1) is 0 Å². The minimum Gasteiger partial charge on any atom is -0.353 e. The molecule has 1 aromatic carbocycles. The van der Waals surface area contributed by atoms with E-state index in [1.807, 2.05) is 0 Å². The van der Waals surface area contributed by atoms with Crippen molar-refractivity contribution in [3.05, 3.63) is 35.4 Å². The standard InChI is InChI=1S/C16H20F3NO/c17-16(18,19)13-7-5-6-12(10-13)11-15(21)20-14-8-3-1-2-4-9-14/h5-7,10,14H,1-4,8-9,11H2,(H,20,21). The number of hydrogen-bond acceptors (Lipinski definition) is 1. The normalized spacial score (nSPS) is 17.3. The van der Waals surface area contributed by atoms with Crippen molar-refractivity contribution in [1.29, 1.82) is 0 Å². The summed E-state index contributed by atoms with van der Waals surface area (Å²) in [6.07, 6.45) is 2.17. The molecule has 1 aromatic rings. The molecule has 1 saturated carbocycles. The van der Waals surface area contributed by atoms with E-state index >= 15 is 0 Å². The lowest BCUT2D eigenvalue weighted by Crippen LogP contribution is -2.35. The van der Waals surface area contributed by atoms with Gasteiger partial charge in [0.15, 0.2) is 0 Å². The van der Waals surface area contributed by atoms with Crippen LogP contribution in [0.3, 0.4) is 0 Å². The third-order valence-electron chi connectivity index (χ3n) is 3.84. The molecule has 0 radical (unpaired) electrons. The molecule has 0 atom stereocenters. The third-order valence-corrected chi connectivity index (χ3v) is 3.84. The van der Waals surface area contributed by atoms with Gasteiger partial charge in [0.25, 0.3) is 0 Å². The molecule has 2 rings (SSSR count). The van der Waals surface area contributed by atoms with Crippen molar-refractivity contribution in [1.82, 2.24) is 5.32 Å². The molecular weight excluding hydrogens is 279 g/mol. The maximum Gasteiger partial charge on any atom is 0.416 e. The molecule has 0 spiro atoms. The molecule has 116 valence electrons. The second-order valence-corrected chi connectivity index (χ2v) is 5.63. The van der Waals surface area contributed by atoms with E-state index in [1.165, 1.54) is 18.9 Å². The molecule has 0 aliphatic heterocycles. The van der Waals surface area contributed by atoms with Crippen LogP contribution in [0.5, 0.6) is 0 Å². The molecule has 0 saturated heterocycles. The highest BCUT2D eigenvalue weighted by molar-refractivity contribution is 5.78. The van der Waals surface area contributed by atoms with Crippen LogP contribution < -0.4 is 5.32 Å². The van der Waals surface area contributed by atoms with Gasteiger partial charge < -0.3 is 5.32 Å². The molecule has 1 aliphatic carbocycles. The van der Waals surface area contributed by atoms with Crippen LogP contribution in [0.25, 0.3) is 0 Å². The zero-order chi connectivity index (χ0) is 15.3. The molecule has 0 aromatic heterocycles. The largest absolute Gasteiger partial charge is 0.416 e. The van der Waals surface area contributed by atoms with Crippen molar-refractivity contribution in [3.8, 4) is 0 Å². The monoisotopic (exact) mass is 299 g/mol. The minimum atomic E-state index is -4.37. The Morgan fingerprint density at radius 3 is 2.43 bits per heavy atom. The first kappa shape index (κ1) is 15.9. The average Bonchev–Trinajstić information content (AvgIpc) is 2.66. The number of benzene rings is 1. The SMILES string of the molecule is O=C(Cc1cccc(C(F)(F)F)c1)NC1CCCCCC1. The fourth-order valence-corrected chi connectivity index (χ4v) is 2.75. The van der Waals surface area contributed by atoms with Gasteiger partial charge in [-0.1, -0.05) is 43.9 Å². The first-order chi connectivity index (χ1) is 9.95. The Hall–Kier alpha value is -1.52. The molecule has 1 N–H and O–H groups in total. The first-order valence-corrected chi connectivity index (χ1v) is 7.40. The molecule has 0 unspecified atom stereocenters. The van der Waals surface area contributed by atoms with E-state index in [4.69, 9.17) is 0 Å². The molecular formula is C16H20F3NO. The highest BCUT2D eigenvalue weighted by Crippen LogP contribution is 2.29. The van der Waals surface area contributed by atoms with Gasteiger partial charge in [-0.25, -0.2) is 0 Å². The van der Waals surface area contributed by atoms with E-state index in [2.05, 4.69) is 5.32 Å². The smallest absolute Gasteiger partial charge is 0.353 e. The van der Waals surface area contributed by atoms with E-state index in [9.17, 15) is 18.0 Å². The van der Waals surface area contributed by atoms with Crippen molar-refractivity contribution in [2.24, 2.45) is 0 Å². The van der Waals surface area contributed by atoms with Crippen LogP contribution >= 0.6 is 0 Å². The molecule has 1 amide bonds. The van der Waals surface area contributed by atoms with Crippen molar-refractivity contribution >= 4 is 5.91 Å². The summed E-state index contributed by atoms with van der Waals surface area (Å²) in [6, 6.07) is 5.14. The molecule has 0 bridgehead atoms. The summed E-state index contributed by atoms with van der Waals surface area (Å²) in [6.45, 7) is 0. The van der Waals surface area contributed by atoms with Gasteiger partial charge in [0.2, 0.25) is 5.91 Å². The Bertz CT molecular complexity index is 477. The topological polar surface area (TPSA) is 29.1 Å². The van der Waals surface area contributed by atoms with Crippen LogP contribution in [-0.4, -0.2) is 11.9 Å². The molecule has 1 fully saturated rings. The van der Waals surface area contributed by atoms with Gasteiger partial charge in [0.05, 0.1) is 12.0 Å². The van der Waals surface area contributed by atoms with Crippen molar-refractivity contribution in [3.63, 3.8) is 0 Å². The second-order valence-electron chi connectivity index (χ2n) is 5.63. The minimum absolute atomic E-state index is 0.000417. The quantitative estimate of drug-likeness (QED) is 0.837. The fraction of sp³-hybridized carbons (Fsp3) is 0.562. The summed E-state index contributed by atoms with van der Waals surface area (Å²) in [5, 5.41) is 2.95. The van der Waals surface area contributed by atoms with Crippen LogP contribution in [0, 0.1) is 0 Å². The maximum absolute atomic E-state index is 12.6. The molecule has 2 nitrogen and oxygen atoms in total. The number of carbonyl (C=O) groups is 1. The Kier molecular flexibility index (Phi) is 5.26. The van der Waals surface area contributed by atoms with E-state index in [0.29, 0.717) is 5.56 Å². The number of amides is 1. The van der Waals surface area contributed by atoms with Crippen LogP contribution in [0.15, 0.2) is 24.3 Å². The number of alkyl halides is 3. The number of halogens is 3. The van der Waals surface area contributed by atoms with Crippen LogP contribution in [0.4, 0.5) is 13.2 Å². The molecule has 5 heteroatoms. The van der Waals surface area contributed by atoms with Gasteiger partial charge in [-0.2, -0.15) is 13.2 Å². The van der Waals surface area contributed by atoms with E-state index in [0.717, 1.165) is 37.8 Å². The van der Waals surface area contributed by atoms with Crippen LogP contribution in [0.2, 0.25) is 0 Å². The van der Waals surface area contributed by atoms with E-state index in [-0.39, 0.29) is 18.4 Å². The number of rotatable bonds is 3. The van der Waals surface area contributed by atoms with Crippen molar-refractivity contribution in [2.45, 2.75) is 57.2 Å². The Balaban J connectivity index is 1.93. The predicted octanol–water partition coefficient (Wildman–Crippen LogP) is 4.09. The lowest BCUT2D eigenvalue weighted by atomic mass is 10.1. The molecule has 21 heavy (non-hydrogen) atoms. The van der Waals surface area contributed by atoms with Gasteiger partial charge in [-0.3, -0.25) is 4.79 Å². The number of carbonyl (C=O) groups excluding carboxylic acids is 1. The fourth-order valence-electron chi connectivity index (χ4n) is 2.75. The first-order valence-electron chi connectivity index (χ1n) is 7.40. The Labute approximate surface area is 122 Å². The Morgan fingerprint density at radius 2 is 1.81 bits per heavy atom. The van der Waals surface area contributed by atoms with E-state index < -0.39 is 11.7 Å². The van der Waals surface area contributed by atoms with Crippen molar-refractivity contribution < 1.29 is 18.0 Å². The van der Waals surface area contributed by atoms with Gasteiger partial charge in [-0.05, 0) is 24.5 Å². The predicted molar refractivity (Wildman–Crippen MR) is 74.8 cm³/mol. The molecule has 0 heterocycles. The summed E-state index contributed by atoms with van der Waals surface area (Å²) < 4.78 is 37.9. The highest BCUT2D eigenvalue weighted by atomic mass is 19.4. The number of hydrogen-bond donors (Lipinski definition) is 1. The summed E-state index contributed by atoms with van der Waals surface area (Å²) in [5.74, 6) is -0.193. The highest BCUT2D eigenvalue weighted by Gasteiger charge is 2.30. The maximum atomic E-state index is 12.6. The van der Waals surface area contributed by atoms with Crippen LogP contribution in [0.1, 0.15) is 49.7 Å². The third kappa shape index (κ3) is 5.06. The lowest BCUT2D eigenvalue weighted by Gasteiger charge is -2.16. The molecule has 1 aliphatic rings. The van der Waals surface area contributed by atoms with Gasteiger partial charge in [0.1, 0.15) is 0 Å². The summed E-state index contributed by atoms with van der Waals surface area (Å²) in [7, 11) is 0. The zero-order valence-electron chi connectivity index (χ0n) is 11.9. The van der Waals surface area contributed by atoms with Gasteiger partial charge >= 0.3 is 6.18 Å². The summed E-state index contributed by atoms with van der Waals surface area (Å²) in [4.78, 5) is 12.0. The number of nitrogens with one attached hydrogen (secondary N) is 1. The van der Waals surface area contributed by atoms with Crippen LogP contribution in [-0.2, 0) is 17.4 Å². The van der Waals surface area contributed by atoms with Crippen molar-refractivity contribution in [2.75, 3.05) is 0 Å². The average molecular weight is 299 g/mol. The summed E-state index contributed by atoms with van der Waals surface area (Å²) in [5.41, 5.74) is -0.307. The zero-order valence-corrected chi connectivity index (χ0v) is 11.9. The van der Waals surface area contributed by atoms with Gasteiger partial charge in [0, 0.05) is 6.04 Å². The van der Waals surface area contributed by atoms with E-state index in [1.54, 1.807) is 6.07 Å². The Morgan fingerprint density at radius 1 is 1.14 bits per heavy atom. The second kappa shape index (κ2) is 6.96.